The van der Waals surface area contributed by atoms with Crippen LogP contribution in [0.15, 0.2) is 77.8 Å². The number of nitrogens with zero attached hydrogens (tertiary/aromatic N) is 7. The van der Waals surface area contributed by atoms with Gasteiger partial charge in [0.25, 0.3) is 5.91 Å². The molecule has 4 heterocycles. The summed E-state index contributed by atoms with van der Waals surface area (Å²) in [5.41, 5.74) is 3.57. The molecule has 0 N–H and O–H groups in total. The van der Waals surface area contributed by atoms with E-state index in [0.717, 1.165) is 21.4 Å². The van der Waals surface area contributed by atoms with Crippen molar-refractivity contribution in [2.75, 3.05) is 7.05 Å². The molecule has 0 unspecified atom stereocenters. The molecule has 0 saturated carbocycles. The molecule has 36 heavy (non-hydrogen) atoms. The molecular weight excluding hydrogens is 522 g/mol. The average molecular weight is 544 g/mol. The topological polar surface area (TPSA) is 98.3 Å². The number of carbonyl (C=O) groups is 2. The lowest BCUT2D eigenvalue weighted by Gasteiger charge is -2.17. The second kappa shape index (κ2) is 9.82. The predicted octanol–water partition coefficient (Wildman–Crippen LogP) is 3.98. The molecule has 5 aromatic rings. The van der Waals surface area contributed by atoms with Gasteiger partial charge in [0.2, 0.25) is 5.78 Å². The molecule has 0 spiro atoms. The van der Waals surface area contributed by atoms with Crippen LogP contribution in [-0.4, -0.2) is 52.8 Å². The van der Waals surface area contributed by atoms with Crippen molar-refractivity contribution >= 4 is 33.4 Å². The standard InChI is InChI=1S/C26H22BrN7O2/c1-32(15-20-9-8-18(27)13-28-20)25(36)21-14-29-33(2)24(21)23(35)12-19-10-11-34-16-22(31-26(34)30-19)17-6-4-3-5-7-17/h3-11,13-14,16H,12,15H2,1-2H3. The zero-order chi connectivity index (χ0) is 25.2. The van der Waals surface area contributed by atoms with Crippen LogP contribution in [-0.2, 0) is 20.0 Å². The van der Waals surface area contributed by atoms with E-state index in [9.17, 15) is 9.59 Å². The van der Waals surface area contributed by atoms with Crippen molar-refractivity contribution in [2.45, 2.75) is 13.0 Å². The molecule has 0 saturated heterocycles. The van der Waals surface area contributed by atoms with Crippen LogP contribution in [0.4, 0.5) is 0 Å². The number of hydrogen-bond donors (Lipinski definition) is 0. The van der Waals surface area contributed by atoms with Crippen LogP contribution in [0.2, 0.25) is 0 Å². The maximum Gasteiger partial charge on any atom is 0.257 e. The number of ketones is 1. The summed E-state index contributed by atoms with van der Waals surface area (Å²) < 4.78 is 4.11. The van der Waals surface area contributed by atoms with Gasteiger partial charge in [-0.05, 0) is 34.1 Å². The predicted molar refractivity (Wildman–Crippen MR) is 137 cm³/mol. The highest BCUT2D eigenvalue weighted by molar-refractivity contribution is 9.10. The minimum atomic E-state index is -0.305. The third-order valence-corrected chi connectivity index (χ3v) is 6.23. The number of aryl methyl sites for hydroxylation is 1. The normalized spacial score (nSPS) is 11.1. The van der Waals surface area contributed by atoms with E-state index in [1.807, 2.05) is 59.3 Å². The third kappa shape index (κ3) is 4.80. The Morgan fingerprint density at radius 1 is 1.00 bits per heavy atom. The summed E-state index contributed by atoms with van der Waals surface area (Å²) in [5, 5.41) is 4.18. The summed E-state index contributed by atoms with van der Waals surface area (Å²) in [6.07, 6.45) is 6.86. The second-order valence-corrected chi connectivity index (χ2v) is 9.29. The summed E-state index contributed by atoms with van der Waals surface area (Å²) in [6.45, 7) is 0.302. The number of aromatic nitrogens is 6. The van der Waals surface area contributed by atoms with Crippen molar-refractivity contribution in [3.63, 3.8) is 0 Å². The van der Waals surface area contributed by atoms with Crippen LogP contribution in [0.3, 0.4) is 0 Å². The number of fused-ring (bicyclic) bond motifs is 1. The van der Waals surface area contributed by atoms with E-state index in [1.165, 1.54) is 15.8 Å². The Labute approximate surface area is 215 Å². The van der Waals surface area contributed by atoms with Crippen LogP contribution < -0.4 is 0 Å². The first-order valence-electron chi connectivity index (χ1n) is 11.2. The molecule has 0 atom stereocenters. The molecule has 0 bridgehead atoms. The highest BCUT2D eigenvalue weighted by atomic mass is 79.9. The first-order chi connectivity index (χ1) is 17.4. The van der Waals surface area contributed by atoms with Crippen molar-refractivity contribution < 1.29 is 9.59 Å². The zero-order valence-electron chi connectivity index (χ0n) is 19.7. The molecule has 1 aromatic carbocycles. The highest BCUT2D eigenvalue weighted by Crippen LogP contribution is 2.19. The fraction of sp³-hybridized carbons (Fsp3) is 0.154. The van der Waals surface area contributed by atoms with Crippen LogP contribution in [0.25, 0.3) is 17.0 Å². The quantitative estimate of drug-likeness (QED) is 0.288. The molecule has 0 aliphatic heterocycles. The summed E-state index contributed by atoms with van der Waals surface area (Å²) in [6, 6.07) is 15.3. The van der Waals surface area contributed by atoms with Crippen molar-refractivity contribution in [3.8, 4) is 11.3 Å². The van der Waals surface area contributed by atoms with Crippen LogP contribution in [0, 0.1) is 0 Å². The molecule has 0 aliphatic rings. The molecule has 0 aliphatic carbocycles. The summed E-state index contributed by atoms with van der Waals surface area (Å²) in [5.74, 6) is -0.0530. The molecule has 10 heteroatoms. The maximum absolute atomic E-state index is 13.3. The number of hydrogen-bond acceptors (Lipinski definition) is 6. The van der Waals surface area contributed by atoms with E-state index in [-0.39, 0.29) is 29.4 Å². The van der Waals surface area contributed by atoms with E-state index in [1.54, 1.807) is 26.4 Å². The van der Waals surface area contributed by atoms with E-state index < -0.39 is 0 Å². The number of halogens is 1. The molecule has 9 nitrogen and oxygen atoms in total. The summed E-state index contributed by atoms with van der Waals surface area (Å²) in [4.78, 5) is 41.5. The lowest BCUT2D eigenvalue weighted by atomic mass is 10.1. The first-order valence-corrected chi connectivity index (χ1v) is 12.0. The molecule has 4 aromatic heterocycles. The number of benzene rings is 1. The van der Waals surface area contributed by atoms with Gasteiger partial charge in [-0.25, -0.2) is 9.97 Å². The molecule has 1 amide bonds. The Balaban J connectivity index is 1.35. The Hall–Kier alpha value is -4.18. The summed E-state index contributed by atoms with van der Waals surface area (Å²) >= 11 is 3.36. The third-order valence-electron chi connectivity index (χ3n) is 5.76. The minimum Gasteiger partial charge on any atom is -0.336 e. The molecule has 5 rings (SSSR count). The Morgan fingerprint density at radius 3 is 2.56 bits per heavy atom. The average Bonchev–Trinajstić information content (AvgIpc) is 3.48. The highest BCUT2D eigenvalue weighted by Gasteiger charge is 2.25. The van der Waals surface area contributed by atoms with Crippen LogP contribution in [0.1, 0.15) is 32.2 Å². The molecule has 0 radical (unpaired) electrons. The maximum atomic E-state index is 13.3. The van der Waals surface area contributed by atoms with Gasteiger partial charge in [0.05, 0.1) is 41.8 Å². The van der Waals surface area contributed by atoms with Crippen molar-refractivity contribution in [1.82, 2.24) is 34.0 Å². The van der Waals surface area contributed by atoms with E-state index in [2.05, 4.69) is 36.0 Å². The smallest absolute Gasteiger partial charge is 0.257 e. The van der Waals surface area contributed by atoms with Gasteiger partial charge in [0, 0.05) is 42.7 Å². The van der Waals surface area contributed by atoms with Gasteiger partial charge in [-0.15, -0.1) is 0 Å². The minimum absolute atomic E-state index is 0.0157. The van der Waals surface area contributed by atoms with Gasteiger partial charge in [0.15, 0.2) is 5.78 Å². The first kappa shape index (κ1) is 23.6. The number of rotatable bonds is 7. The molecule has 0 fully saturated rings. The number of carbonyl (C=O) groups excluding carboxylic acids is 2. The molecular formula is C26H22BrN7O2. The Kier molecular flexibility index (Phi) is 6.43. The molecule has 180 valence electrons. The monoisotopic (exact) mass is 543 g/mol. The van der Waals surface area contributed by atoms with E-state index in [4.69, 9.17) is 0 Å². The lowest BCUT2D eigenvalue weighted by molar-refractivity contribution is 0.0777. The Morgan fingerprint density at radius 2 is 1.81 bits per heavy atom. The van der Waals surface area contributed by atoms with Gasteiger partial charge in [-0.3, -0.25) is 23.7 Å². The van der Waals surface area contributed by atoms with E-state index in [0.29, 0.717) is 18.0 Å². The van der Waals surface area contributed by atoms with Crippen molar-refractivity contribution in [2.24, 2.45) is 7.05 Å². The Bertz CT molecular complexity index is 1560. The lowest BCUT2D eigenvalue weighted by Crippen LogP contribution is -2.28. The number of amides is 1. The largest absolute Gasteiger partial charge is 0.336 e. The van der Waals surface area contributed by atoms with Crippen molar-refractivity contribution in [3.05, 3.63) is 100 Å². The second-order valence-electron chi connectivity index (χ2n) is 8.38. The number of imidazole rings is 1. The van der Waals surface area contributed by atoms with Crippen molar-refractivity contribution in [1.29, 1.82) is 0 Å². The van der Waals surface area contributed by atoms with E-state index >= 15 is 0 Å². The fourth-order valence-electron chi connectivity index (χ4n) is 3.95. The summed E-state index contributed by atoms with van der Waals surface area (Å²) in [7, 11) is 3.32. The van der Waals surface area contributed by atoms with Gasteiger partial charge in [-0.2, -0.15) is 5.10 Å². The SMILES string of the molecule is CN(Cc1ccc(Br)cn1)C(=O)c1cnn(C)c1C(=O)Cc1ccn2cc(-c3ccccc3)nc2n1. The number of pyridine rings is 1. The van der Waals surface area contributed by atoms with Gasteiger partial charge in [0.1, 0.15) is 5.69 Å². The number of Topliss-reactive ketones (excluding diaryl/α,β-unsaturated/α-hetero) is 1. The van der Waals surface area contributed by atoms with Gasteiger partial charge < -0.3 is 4.90 Å². The zero-order valence-corrected chi connectivity index (χ0v) is 21.3. The van der Waals surface area contributed by atoms with Gasteiger partial charge >= 0.3 is 0 Å². The van der Waals surface area contributed by atoms with Crippen LogP contribution in [0.5, 0.6) is 0 Å². The van der Waals surface area contributed by atoms with Gasteiger partial charge in [-0.1, -0.05) is 30.3 Å². The van der Waals surface area contributed by atoms with Crippen LogP contribution >= 0.6 is 15.9 Å². The fourth-order valence-corrected chi connectivity index (χ4v) is 4.18.